The van der Waals surface area contributed by atoms with Gasteiger partial charge in [-0.1, -0.05) is 25.1 Å². The summed E-state index contributed by atoms with van der Waals surface area (Å²) in [6.45, 7) is 2.03. The van der Waals surface area contributed by atoms with Gasteiger partial charge in [0.15, 0.2) is 5.13 Å². The Hall–Kier alpha value is -3.19. The number of carbonyl (C=O) groups is 2. The summed E-state index contributed by atoms with van der Waals surface area (Å²) in [4.78, 5) is 28.9. The maximum Gasteiger partial charge on any atom is 0.275 e. The van der Waals surface area contributed by atoms with Crippen molar-refractivity contribution in [3.63, 3.8) is 0 Å². The van der Waals surface area contributed by atoms with E-state index in [-0.39, 0.29) is 17.5 Å². The van der Waals surface area contributed by atoms with Gasteiger partial charge in [-0.15, -0.1) is 11.3 Å². The highest BCUT2D eigenvalue weighted by Gasteiger charge is 2.14. The molecular formula is C20H19N3O3S. The van der Waals surface area contributed by atoms with Crippen LogP contribution >= 0.6 is 11.3 Å². The highest BCUT2D eigenvalue weighted by molar-refractivity contribution is 7.14. The average Bonchev–Trinajstić information content (AvgIpc) is 3.17. The number of aromatic nitrogens is 1. The molecule has 0 saturated heterocycles. The molecule has 1 heterocycles. The zero-order valence-electron chi connectivity index (χ0n) is 15.0. The molecule has 7 heteroatoms. The van der Waals surface area contributed by atoms with Gasteiger partial charge in [0, 0.05) is 16.6 Å². The van der Waals surface area contributed by atoms with Crippen molar-refractivity contribution in [1.82, 2.24) is 4.98 Å². The van der Waals surface area contributed by atoms with Gasteiger partial charge in [0.1, 0.15) is 11.4 Å². The fourth-order valence-electron chi connectivity index (χ4n) is 2.48. The maximum atomic E-state index is 12.4. The summed E-state index contributed by atoms with van der Waals surface area (Å²) in [5, 5.41) is 7.56. The maximum absolute atomic E-state index is 12.4. The summed E-state index contributed by atoms with van der Waals surface area (Å²) in [7, 11) is 1.57. The second kappa shape index (κ2) is 8.46. The number of nitrogens with zero attached hydrogens (tertiary/aromatic N) is 1. The van der Waals surface area contributed by atoms with Gasteiger partial charge in [-0.05, 0) is 42.3 Å². The molecule has 2 aromatic carbocycles. The monoisotopic (exact) mass is 381 g/mol. The molecule has 0 aliphatic carbocycles. The number of ether oxygens (including phenoxy) is 1. The summed E-state index contributed by atoms with van der Waals surface area (Å²) in [6, 6.07) is 14.4. The van der Waals surface area contributed by atoms with Crippen LogP contribution in [-0.4, -0.2) is 23.9 Å². The van der Waals surface area contributed by atoms with E-state index >= 15 is 0 Å². The first-order chi connectivity index (χ1) is 13.1. The lowest BCUT2D eigenvalue weighted by atomic mass is 10.1. The predicted octanol–water partition coefficient (Wildman–Crippen LogP) is 4.22. The topological polar surface area (TPSA) is 80.3 Å². The second-order valence-electron chi connectivity index (χ2n) is 5.69. The average molecular weight is 381 g/mol. The standard InChI is InChI=1S/C20H19N3O3S/c1-3-13-6-4-5-7-16(13)21-19(25)17-12-27-20(22-17)23-18(24)14-8-10-15(26-2)11-9-14/h4-12H,3H2,1-2H3,(H,21,25)(H,22,23,24). The van der Waals surface area contributed by atoms with Gasteiger partial charge in [0.05, 0.1) is 7.11 Å². The van der Waals surface area contributed by atoms with E-state index in [4.69, 9.17) is 4.74 Å². The van der Waals surface area contributed by atoms with E-state index in [1.54, 1.807) is 36.8 Å². The van der Waals surface area contributed by atoms with Crippen LogP contribution in [0.3, 0.4) is 0 Å². The van der Waals surface area contributed by atoms with Crippen LogP contribution in [0.5, 0.6) is 5.75 Å². The zero-order chi connectivity index (χ0) is 19.2. The van der Waals surface area contributed by atoms with Gasteiger partial charge < -0.3 is 10.1 Å². The zero-order valence-corrected chi connectivity index (χ0v) is 15.8. The van der Waals surface area contributed by atoms with Crippen molar-refractivity contribution in [3.8, 4) is 5.75 Å². The Labute approximate surface area is 161 Å². The molecule has 2 N–H and O–H groups in total. The van der Waals surface area contributed by atoms with Gasteiger partial charge in [-0.2, -0.15) is 0 Å². The third kappa shape index (κ3) is 4.51. The molecular weight excluding hydrogens is 362 g/mol. The SMILES string of the molecule is CCc1ccccc1NC(=O)c1csc(NC(=O)c2ccc(OC)cc2)n1. The quantitative estimate of drug-likeness (QED) is 0.670. The second-order valence-corrected chi connectivity index (χ2v) is 6.54. The van der Waals surface area contributed by atoms with Crippen molar-refractivity contribution in [2.75, 3.05) is 17.7 Å². The predicted molar refractivity (Wildman–Crippen MR) is 107 cm³/mol. The van der Waals surface area contributed by atoms with E-state index in [9.17, 15) is 9.59 Å². The van der Waals surface area contributed by atoms with Crippen LogP contribution in [0.4, 0.5) is 10.8 Å². The third-order valence-electron chi connectivity index (χ3n) is 3.96. The highest BCUT2D eigenvalue weighted by Crippen LogP contribution is 2.20. The lowest BCUT2D eigenvalue weighted by molar-refractivity contribution is 0.101. The van der Waals surface area contributed by atoms with E-state index in [2.05, 4.69) is 15.6 Å². The van der Waals surface area contributed by atoms with Gasteiger partial charge in [0.2, 0.25) is 0 Å². The number of hydrogen-bond donors (Lipinski definition) is 2. The number of para-hydroxylation sites is 1. The van der Waals surface area contributed by atoms with Gasteiger partial charge in [-0.3, -0.25) is 14.9 Å². The molecule has 0 spiro atoms. The molecule has 0 aliphatic rings. The molecule has 3 rings (SSSR count). The van der Waals surface area contributed by atoms with E-state index < -0.39 is 0 Å². The Morgan fingerprint density at radius 2 is 1.78 bits per heavy atom. The number of carbonyl (C=O) groups excluding carboxylic acids is 2. The van der Waals surface area contributed by atoms with Crippen molar-refractivity contribution >= 4 is 34.0 Å². The molecule has 6 nitrogen and oxygen atoms in total. The van der Waals surface area contributed by atoms with Gasteiger partial charge >= 0.3 is 0 Å². The Kier molecular flexibility index (Phi) is 5.83. The summed E-state index contributed by atoms with van der Waals surface area (Å²) >= 11 is 1.20. The molecule has 0 atom stereocenters. The van der Waals surface area contributed by atoms with Crippen molar-refractivity contribution in [1.29, 1.82) is 0 Å². The summed E-state index contributed by atoms with van der Waals surface area (Å²) in [5.41, 5.74) is 2.56. The minimum absolute atomic E-state index is 0.260. The third-order valence-corrected chi connectivity index (χ3v) is 4.71. The minimum Gasteiger partial charge on any atom is -0.497 e. The van der Waals surface area contributed by atoms with Crippen molar-refractivity contribution in [3.05, 3.63) is 70.7 Å². The molecule has 0 bridgehead atoms. The van der Waals surface area contributed by atoms with Gasteiger partial charge in [0.25, 0.3) is 11.8 Å². The van der Waals surface area contributed by atoms with Crippen LogP contribution in [0.15, 0.2) is 53.9 Å². The molecule has 0 radical (unpaired) electrons. The number of anilines is 2. The van der Waals surface area contributed by atoms with Gasteiger partial charge in [-0.25, -0.2) is 4.98 Å². The Morgan fingerprint density at radius 1 is 1.04 bits per heavy atom. The summed E-state index contributed by atoms with van der Waals surface area (Å²) in [5.74, 6) is 0.0690. The fourth-order valence-corrected chi connectivity index (χ4v) is 3.17. The summed E-state index contributed by atoms with van der Waals surface area (Å²) < 4.78 is 5.08. The number of rotatable bonds is 6. The van der Waals surface area contributed by atoms with Crippen LogP contribution in [-0.2, 0) is 6.42 Å². The van der Waals surface area contributed by atoms with E-state index in [1.807, 2.05) is 31.2 Å². The lowest BCUT2D eigenvalue weighted by Crippen LogP contribution is -2.15. The summed E-state index contributed by atoms with van der Waals surface area (Å²) in [6.07, 6.45) is 0.816. The first-order valence-electron chi connectivity index (χ1n) is 8.41. The smallest absolute Gasteiger partial charge is 0.275 e. The number of nitrogens with one attached hydrogen (secondary N) is 2. The molecule has 0 aliphatic heterocycles. The molecule has 3 aromatic rings. The number of aryl methyl sites for hydroxylation is 1. The van der Waals surface area contributed by atoms with Crippen LogP contribution < -0.4 is 15.4 Å². The Morgan fingerprint density at radius 3 is 2.48 bits per heavy atom. The molecule has 1 aromatic heterocycles. The first-order valence-corrected chi connectivity index (χ1v) is 9.29. The minimum atomic E-state index is -0.308. The number of thiazole rings is 1. The van der Waals surface area contributed by atoms with Crippen molar-refractivity contribution in [2.45, 2.75) is 13.3 Å². The number of benzene rings is 2. The van der Waals surface area contributed by atoms with E-state index in [0.29, 0.717) is 16.4 Å². The molecule has 2 amide bonds. The molecule has 0 saturated carbocycles. The van der Waals surface area contributed by atoms with Crippen molar-refractivity contribution in [2.24, 2.45) is 0 Å². The number of hydrogen-bond acceptors (Lipinski definition) is 5. The Balaban J connectivity index is 1.66. The number of methoxy groups -OCH3 is 1. The lowest BCUT2D eigenvalue weighted by Gasteiger charge is -2.08. The Bertz CT molecular complexity index is 951. The van der Waals surface area contributed by atoms with Crippen molar-refractivity contribution < 1.29 is 14.3 Å². The van der Waals surface area contributed by atoms with E-state index in [1.165, 1.54) is 11.3 Å². The molecule has 27 heavy (non-hydrogen) atoms. The fraction of sp³-hybridized carbons (Fsp3) is 0.150. The number of amides is 2. The molecule has 138 valence electrons. The first kappa shape index (κ1) is 18.6. The molecule has 0 fully saturated rings. The van der Waals surface area contributed by atoms with Crippen LogP contribution in [0, 0.1) is 0 Å². The van der Waals surface area contributed by atoms with Crippen LogP contribution in [0.2, 0.25) is 0 Å². The largest absolute Gasteiger partial charge is 0.497 e. The normalized spacial score (nSPS) is 10.3. The van der Waals surface area contributed by atoms with E-state index in [0.717, 1.165) is 17.7 Å². The van der Waals surface area contributed by atoms with Crippen LogP contribution in [0.25, 0.3) is 0 Å². The molecule has 0 unspecified atom stereocenters. The highest BCUT2D eigenvalue weighted by atomic mass is 32.1. The van der Waals surface area contributed by atoms with Crippen LogP contribution in [0.1, 0.15) is 33.3 Å².